The largest absolute Gasteiger partial charge is 0.372 e. The van der Waals surface area contributed by atoms with E-state index in [4.69, 9.17) is 12.2 Å². The molecule has 22 heavy (non-hydrogen) atoms. The number of thiocarbonyl (C=S) groups is 1. The number of thioether (sulfide) groups is 1. The Balaban J connectivity index is 2.16. The van der Waals surface area contributed by atoms with Crippen molar-refractivity contribution in [2.75, 3.05) is 24.5 Å². The molecule has 1 N–H and O–H groups in total. The molecule has 0 unspecified atom stereocenters. The summed E-state index contributed by atoms with van der Waals surface area (Å²) in [7, 11) is 0. The van der Waals surface area contributed by atoms with Gasteiger partial charge < -0.3 is 4.90 Å². The van der Waals surface area contributed by atoms with Gasteiger partial charge in [0.25, 0.3) is 5.91 Å². The molecule has 0 atom stereocenters. The highest BCUT2D eigenvalue weighted by Crippen LogP contribution is 2.31. The molecule has 0 saturated carbocycles. The van der Waals surface area contributed by atoms with E-state index in [9.17, 15) is 4.79 Å². The molecule has 1 aromatic rings. The molecule has 0 aliphatic carbocycles. The number of nitrogens with one attached hydrogen (secondary N) is 1. The van der Waals surface area contributed by atoms with Crippen LogP contribution in [0, 0.1) is 0 Å². The van der Waals surface area contributed by atoms with E-state index in [1.807, 2.05) is 25.1 Å². The van der Waals surface area contributed by atoms with Gasteiger partial charge in [0.2, 0.25) is 0 Å². The van der Waals surface area contributed by atoms with Crippen molar-refractivity contribution >= 4 is 46.0 Å². The molecule has 0 aromatic heterocycles. The average Bonchev–Trinajstić information content (AvgIpc) is 2.78. The Morgan fingerprint density at radius 1 is 1.23 bits per heavy atom. The minimum atomic E-state index is -0.0790. The first-order chi connectivity index (χ1) is 10.6. The summed E-state index contributed by atoms with van der Waals surface area (Å²) in [6.07, 6.45) is 1.89. The molecule has 0 bridgehead atoms. The summed E-state index contributed by atoms with van der Waals surface area (Å²) in [5.41, 5.74) is 5.18. The van der Waals surface area contributed by atoms with E-state index < -0.39 is 0 Å². The monoisotopic (exact) mass is 335 g/mol. The predicted molar refractivity (Wildman–Crippen MR) is 98.7 cm³/mol. The van der Waals surface area contributed by atoms with Gasteiger partial charge in [-0.15, -0.1) is 0 Å². The maximum atomic E-state index is 12.3. The molecule has 1 aliphatic rings. The molecule has 2 rings (SSSR count). The van der Waals surface area contributed by atoms with Crippen LogP contribution < -0.4 is 10.3 Å². The van der Waals surface area contributed by atoms with E-state index in [1.165, 1.54) is 22.5 Å². The van der Waals surface area contributed by atoms with Gasteiger partial charge in [0.15, 0.2) is 4.32 Å². The summed E-state index contributed by atoms with van der Waals surface area (Å²) in [6.45, 7) is 8.86. The molecule has 1 fully saturated rings. The molecule has 6 heteroatoms. The first-order valence-electron chi connectivity index (χ1n) is 7.47. The van der Waals surface area contributed by atoms with Crippen LogP contribution in [0.2, 0.25) is 0 Å². The highest BCUT2D eigenvalue weighted by atomic mass is 32.2. The van der Waals surface area contributed by atoms with Crippen LogP contribution in [-0.4, -0.2) is 34.9 Å². The first-order valence-corrected chi connectivity index (χ1v) is 8.69. The maximum Gasteiger partial charge on any atom is 0.280 e. The normalized spacial score (nSPS) is 16.7. The lowest BCUT2D eigenvalue weighted by Crippen LogP contribution is -2.40. The van der Waals surface area contributed by atoms with Crippen LogP contribution >= 0.6 is 24.0 Å². The van der Waals surface area contributed by atoms with Gasteiger partial charge in [-0.3, -0.25) is 4.79 Å². The third-order valence-electron chi connectivity index (χ3n) is 3.43. The number of carbonyl (C=O) groups is 1. The smallest absolute Gasteiger partial charge is 0.280 e. The third kappa shape index (κ3) is 3.69. The van der Waals surface area contributed by atoms with Crippen molar-refractivity contribution in [3.63, 3.8) is 0 Å². The van der Waals surface area contributed by atoms with Gasteiger partial charge in [0.05, 0.1) is 4.91 Å². The van der Waals surface area contributed by atoms with E-state index in [2.05, 4.69) is 36.3 Å². The standard InChI is InChI=1S/C16H21N3OS2/c1-4-17-19-15(20)14(22-16(19)21)11-12-7-9-13(10-8-12)18(5-2)6-3/h7-11,17H,4-6H2,1-3H3/b14-11+. The Morgan fingerprint density at radius 3 is 2.41 bits per heavy atom. The minimum Gasteiger partial charge on any atom is -0.372 e. The zero-order valence-corrected chi connectivity index (χ0v) is 14.8. The quantitative estimate of drug-likeness (QED) is 0.638. The second kappa shape index (κ2) is 7.76. The molecule has 1 aromatic carbocycles. The van der Waals surface area contributed by atoms with Gasteiger partial charge in [-0.25, -0.2) is 10.4 Å². The predicted octanol–water partition coefficient (Wildman–Crippen LogP) is 3.26. The lowest BCUT2D eigenvalue weighted by molar-refractivity contribution is -0.124. The van der Waals surface area contributed by atoms with Crippen LogP contribution in [0.15, 0.2) is 29.2 Å². The zero-order chi connectivity index (χ0) is 16.1. The third-order valence-corrected chi connectivity index (χ3v) is 4.73. The number of amides is 1. The molecule has 118 valence electrons. The van der Waals surface area contributed by atoms with Crippen LogP contribution in [-0.2, 0) is 4.79 Å². The van der Waals surface area contributed by atoms with Crippen molar-refractivity contribution in [3.8, 4) is 0 Å². The van der Waals surface area contributed by atoms with Gasteiger partial charge in [0, 0.05) is 25.3 Å². The van der Waals surface area contributed by atoms with E-state index >= 15 is 0 Å². The maximum absolute atomic E-state index is 12.3. The molecule has 4 nitrogen and oxygen atoms in total. The van der Waals surface area contributed by atoms with Gasteiger partial charge in [-0.2, -0.15) is 0 Å². The summed E-state index contributed by atoms with van der Waals surface area (Å²) < 4.78 is 0.554. The van der Waals surface area contributed by atoms with E-state index in [-0.39, 0.29) is 5.91 Å². The van der Waals surface area contributed by atoms with Crippen LogP contribution in [0.1, 0.15) is 26.3 Å². The minimum absolute atomic E-state index is 0.0790. The van der Waals surface area contributed by atoms with Crippen LogP contribution in [0.25, 0.3) is 6.08 Å². The molecule has 1 heterocycles. The average molecular weight is 335 g/mol. The number of hydrazine groups is 1. The van der Waals surface area contributed by atoms with Crippen molar-refractivity contribution in [1.29, 1.82) is 0 Å². The molecular weight excluding hydrogens is 314 g/mol. The molecule has 1 saturated heterocycles. The van der Waals surface area contributed by atoms with Crippen LogP contribution in [0.5, 0.6) is 0 Å². The second-order valence-corrected chi connectivity index (χ2v) is 6.47. The number of hydrogen-bond donors (Lipinski definition) is 1. The van der Waals surface area contributed by atoms with Crippen molar-refractivity contribution in [2.45, 2.75) is 20.8 Å². The highest BCUT2D eigenvalue weighted by Gasteiger charge is 2.31. The molecule has 1 amide bonds. The lowest BCUT2D eigenvalue weighted by atomic mass is 10.1. The van der Waals surface area contributed by atoms with Crippen molar-refractivity contribution in [1.82, 2.24) is 10.4 Å². The van der Waals surface area contributed by atoms with Crippen molar-refractivity contribution in [3.05, 3.63) is 34.7 Å². The Bertz CT molecular complexity index is 580. The fraction of sp³-hybridized carbons (Fsp3) is 0.375. The van der Waals surface area contributed by atoms with Crippen molar-refractivity contribution in [2.24, 2.45) is 0 Å². The van der Waals surface area contributed by atoms with E-state index in [0.717, 1.165) is 18.7 Å². The number of anilines is 1. The SMILES string of the molecule is CCNN1C(=O)/C(=C\c2ccc(N(CC)CC)cc2)SC1=S. The first kappa shape index (κ1) is 17.0. The summed E-state index contributed by atoms with van der Waals surface area (Å²) in [5, 5.41) is 1.44. The van der Waals surface area contributed by atoms with Crippen molar-refractivity contribution < 1.29 is 4.79 Å². The summed E-state index contributed by atoms with van der Waals surface area (Å²) in [6, 6.07) is 8.24. The Morgan fingerprint density at radius 2 is 1.86 bits per heavy atom. The summed E-state index contributed by atoms with van der Waals surface area (Å²) in [4.78, 5) is 15.2. The van der Waals surface area contributed by atoms with E-state index in [1.54, 1.807) is 0 Å². The fourth-order valence-corrected chi connectivity index (χ4v) is 3.50. The lowest BCUT2D eigenvalue weighted by Gasteiger charge is -2.20. The number of benzene rings is 1. The topological polar surface area (TPSA) is 35.6 Å². The van der Waals surface area contributed by atoms with Crippen LogP contribution in [0.4, 0.5) is 5.69 Å². The number of hydrogen-bond acceptors (Lipinski definition) is 5. The Kier molecular flexibility index (Phi) is 5.99. The molecule has 0 spiro atoms. The van der Waals surface area contributed by atoms with E-state index in [0.29, 0.717) is 15.8 Å². The van der Waals surface area contributed by atoms with Crippen LogP contribution in [0.3, 0.4) is 0 Å². The molecule has 1 aliphatic heterocycles. The Hall–Kier alpha value is -1.37. The highest BCUT2D eigenvalue weighted by molar-refractivity contribution is 8.26. The second-order valence-electron chi connectivity index (χ2n) is 4.79. The Labute approximate surface area is 141 Å². The summed E-state index contributed by atoms with van der Waals surface area (Å²) in [5.74, 6) is -0.0790. The number of nitrogens with zero attached hydrogens (tertiary/aromatic N) is 2. The van der Waals surface area contributed by atoms with Gasteiger partial charge in [-0.1, -0.05) is 43.0 Å². The number of rotatable bonds is 6. The van der Waals surface area contributed by atoms with Gasteiger partial charge in [-0.05, 0) is 37.6 Å². The molecule has 0 radical (unpaired) electrons. The molecular formula is C16H21N3OS2. The summed E-state index contributed by atoms with van der Waals surface area (Å²) >= 11 is 6.55. The number of carbonyl (C=O) groups excluding carboxylic acids is 1. The zero-order valence-electron chi connectivity index (χ0n) is 13.1. The van der Waals surface area contributed by atoms with Gasteiger partial charge >= 0.3 is 0 Å². The van der Waals surface area contributed by atoms with Gasteiger partial charge in [0.1, 0.15) is 0 Å². The fourth-order valence-electron chi connectivity index (χ4n) is 2.28.